The summed E-state index contributed by atoms with van der Waals surface area (Å²) in [6.07, 6.45) is 5.19. The molecular weight excluding hydrogens is 247 g/mol. The van der Waals surface area contributed by atoms with E-state index >= 15 is 0 Å². The SMILES string of the molecule is O=C(O)Cn1cc[n+](I)c1. The van der Waals surface area contributed by atoms with E-state index in [0.29, 0.717) is 0 Å². The Labute approximate surface area is 71.6 Å². The molecule has 1 aromatic heterocycles. The highest BCUT2D eigenvalue weighted by Gasteiger charge is 2.04. The van der Waals surface area contributed by atoms with Crippen molar-refractivity contribution < 1.29 is 12.7 Å². The Morgan fingerprint density at radius 3 is 2.90 bits per heavy atom. The fraction of sp³-hybridized carbons (Fsp3) is 0.200. The van der Waals surface area contributed by atoms with E-state index in [1.807, 2.05) is 0 Å². The molecule has 5 heteroatoms. The molecule has 1 heterocycles. The van der Waals surface area contributed by atoms with Crippen LogP contribution in [0.15, 0.2) is 18.7 Å². The van der Waals surface area contributed by atoms with Crippen LogP contribution in [-0.4, -0.2) is 15.6 Å². The van der Waals surface area contributed by atoms with Gasteiger partial charge in [0.05, 0.1) is 0 Å². The number of aliphatic carboxylic acids is 1. The molecule has 0 fully saturated rings. The van der Waals surface area contributed by atoms with Gasteiger partial charge < -0.3 is 5.11 Å². The summed E-state index contributed by atoms with van der Waals surface area (Å²) in [5.41, 5.74) is 0. The van der Waals surface area contributed by atoms with Crippen molar-refractivity contribution in [2.75, 3.05) is 0 Å². The number of imidazole rings is 1. The predicted molar refractivity (Wildman–Crippen MR) is 41.7 cm³/mol. The number of carboxylic acid groups (broad SMARTS) is 1. The summed E-state index contributed by atoms with van der Waals surface area (Å²) in [6, 6.07) is 0. The Bertz CT molecular complexity index is 246. The Balaban J connectivity index is 2.67. The van der Waals surface area contributed by atoms with Crippen LogP contribution in [0.25, 0.3) is 0 Å². The second-order valence-electron chi connectivity index (χ2n) is 1.82. The number of hydrogen-bond donors (Lipinski definition) is 1. The van der Waals surface area contributed by atoms with Gasteiger partial charge in [-0.15, -0.1) is 0 Å². The van der Waals surface area contributed by atoms with Crippen molar-refractivity contribution >= 4 is 28.8 Å². The van der Waals surface area contributed by atoms with Crippen molar-refractivity contribution in [2.45, 2.75) is 6.54 Å². The van der Waals surface area contributed by atoms with E-state index in [2.05, 4.69) is 22.9 Å². The van der Waals surface area contributed by atoms with E-state index < -0.39 is 5.97 Å². The highest BCUT2D eigenvalue weighted by atomic mass is 127. The first-order valence-corrected chi connectivity index (χ1v) is 3.60. The standard InChI is InChI=1S/C5H5IN2O2/c6-8-2-1-7(4-8)3-5(9)10/h1-2,4H,3H2/p+1. The Morgan fingerprint density at radius 2 is 2.50 bits per heavy atom. The highest BCUT2D eigenvalue weighted by Crippen LogP contribution is 1.85. The molecule has 1 rings (SSSR count). The van der Waals surface area contributed by atoms with Gasteiger partial charge in [-0.05, 0) is 0 Å². The zero-order chi connectivity index (χ0) is 7.56. The number of aromatic nitrogens is 2. The average Bonchev–Trinajstić information content (AvgIpc) is 2.13. The molecule has 10 heavy (non-hydrogen) atoms. The van der Waals surface area contributed by atoms with Crippen LogP contribution in [-0.2, 0) is 11.3 Å². The summed E-state index contributed by atoms with van der Waals surface area (Å²) < 4.78 is 3.36. The number of rotatable bonds is 2. The van der Waals surface area contributed by atoms with Gasteiger partial charge in [-0.2, -0.15) is 2.78 Å². The van der Waals surface area contributed by atoms with Crippen molar-refractivity contribution in [3.05, 3.63) is 18.7 Å². The number of halogens is 1. The second-order valence-corrected chi connectivity index (χ2v) is 2.94. The molecule has 0 aliphatic heterocycles. The molecule has 0 saturated carbocycles. The fourth-order valence-corrected chi connectivity index (χ4v) is 1.08. The Kier molecular flexibility index (Phi) is 2.25. The van der Waals surface area contributed by atoms with E-state index in [-0.39, 0.29) is 6.54 Å². The molecule has 1 N–H and O–H groups in total. The third kappa shape index (κ3) is 1.98. The van der Waals surface area contributed by atoms with E-state index in [1.54, 1.807) is 26.1 Å². The molecule has 0 aliphatic carbocycles. The van der Waals surface area contributed by atoms with Gasteiger partial charge >= 0.3 is 5.97 Å². The van der Waals surface area contributed by atoms with Gasteiger partial charge in [-0.25, -0.2) is 9.36 Å². The number of nitrogens with zero attached hydrogens (tertiary/aromatic N) is 2. The lowest BCUT2D eigenvalue weighted by Crippen LogP contribution is -2.15. The van der Waals surface area contributed by atoms with Crippen LogP contribution < -0.4 is 2.78 Å². The topological polar surface area (TPSA) is 46.1 Å². The first kappa shape index (κ1) is 7.52. The summed E-state index contributed by atoms with van der Waals surface area (Å²) >= 11 is 2.05. The molecule has 0 saturated heterocycles. The fourth-order valence-electron chi connectivity index (χ4n) is 0.618. The van der Waals surface area contributed by atoms with Crippen molar-refractivity contribution in [3.63, 3.8) is 0 Å². The number of carbonyl (C=O) groups is 1. The second kappa shape index (κ2) is 3.00. The summed E-state index contributed by atoms with van der Waals surface area (Å²) in [5, 5.41) is 8.34. The monoisotopic (exact) mass is 253 g/mol. The average molecular weight is 253 g/mol. The Morgan fingerprint density at radius 1 is 1.80 bits per heavy atom. The van der Waals surface area contributed by atoms with Gasteiger partial charge in [0.1, 0.15) is 12.4 Å². The molecule has 0 spiro atoms. The van der Waals surface area contributed by atoms with E-state index in [9.17, 15) is 4.79 Å². The molecule has 1 aromatic rings. The zero-order valence-electron chi connectivity index (χ0n) is 5.07. The highest BCUT2D eigenvalue weighted by molar-refractivity contribution is 14.1. The lowest BCUT2D eigenvalue weighted by molar-refractivity contribution is -0.439. The lowest BCUT2D eigenvalue weighted by atomic mass is 10.6. The van der Waals surface area contributed by atoms with E-state index in [0.717, 1.165) is 0 Å². The van der Waals surface area contributed by atoms with E-state index in [4.69, 9.17) is 5.11 Å². The minimum atomic E-state index is -0.826. The molecule has 0 radical (unpaired) electrons. The van der Waals surface area contributed by atoms with Crippen LogP contribution in [0.1, 0.15) is 0 Å². The van der Waals surface area contributed by atoms with Gasteiger partial charge in [0.2, 0.25) is 22.9 Å². The minimum Gasteiger partial charge on any atom is -0.478 e. The van der Waals surface area contributed by atoms with Gasteiger partial charge in [0, 0.05) is 0 Å². The number of carboxylic acids is 1. The summed E-state index contributed by atoms with van der Waals surface area (Å²) in [4.78, 5) is 10.1. The Hall–Kier alpha value is -0.590. The molecule has 54 valence electrons. The molecule has 4 nitrogen and oxygen atoms in total. The van der Waals surface area contributed by atoms with Crippen molar-refractivity contribution in [3.8, 4) is 0 Å². The third-order valence-corrected chi connectivity index (χ3v) is 1.55. The maximum absolute atomic E-state index is 10.1. The minimum absolute atomic E-state index is 0.0238. The zero-order valence-corrected chi connectivity index (χ0v) is 7.22. The van der Waals surface area contributed by atoms with Gasteiger partial charge in [-0.1, -0.05) is 0 Å². The van der Waals surface area contributed by atoms with Crippen molar-refractivity contribution in [2.24, 2.45) is 0 Å². The first-order valence-electron chi connectivity index (χ1n) is 2.63. The van der Waals surface area contributed by atoms with Crippen LogP contribution in [0.3, 0.4) is 0 Å². The lowest BCUT2D eigenvalue weighted by Gasteiger charge is -1.85. The molecular formula is C5H6IN2O2+. The van der Waals surface area contributed by atoms with Crippen LogP contribution in [0.4, 0.5) is 0 Å². The third-order valence-electron chi connectivity index (χ3n) is 0.977. The molecule has 0 amide bonds. The van der Waals surface area contributed by atoms with Gasteiger partial charge in [-0.3, -0.25) is 0 Å². The predicted octanol–water partition coefficient (Wildman–Crippen LogP) is 0.0583. The van der Waals surface area contributed by atoms with Crippen LogP contribution in [0, 0.1) is 0 Å². The van der Waals surface area contributed by atoms with Crippen LogP contribution in [0.2, 0.25) is 0 Å². The van der Waals surface area contributed by atoms with Crippen LogP contribution >= 0.6 is 22.9 Å². The maximum Gasteiger partial charge on any atom is 0.346 e. The van der Waals surface area contributed by atoms with Gasteiger partial charge in [0.25, 0.3) is 6.33 Å². The molecule has 0 bridgehead atoms. The normalized spacial score (nSPS) is 9.70. The van der Waals surface area contributed by atoms with Crippen molar-refractivity contribution in [1.29, 1.82) is 0 Å². The van der Waals surface area contributed by atoms with Crippen LogP contribution in [0.5, 0.6) is 0 Å². The molecule has 0 atom stereocenters. The number of hydrogen-bond acceptors (Lipinski definition) is 1. The van der Waals surface area contributed by atoms with E-state index in [1.165, 1.54) is 0 Å². The molecule has 0 unspecified atom stereocenters. The largest absolute Gasteiger partial charge is 0.478 e. The molecule has 0 aliphatic rings. The summed E-state index contributed by atoms with van der Waals surface area (Å²) in [5.74, 6) is -0.826. The first-order chi connectivity index (χ1) is 4.68. The van der Waals surface area contributed by atoms with Crippen molar-refractivity contribution in [1.82, 2.24) is 4.57 Å². The van der Waals surface area contributed by atoms with Gasteiger partial charge in [0.15, 0.2) is 6.54 Å². The smallest absolute Gasteiger partial charge is 0.346 e. The summed E-state index contributed by atoms with van der Waals surface area (Å²) in [7, 11) is 0. The summed E-state index contributed by atoms with van der Waals surface area (Å²) in [6.45, 7) is 0.0238. The quantitative estimate of drug-likeness (QED) is 0.757. The maximum atomic E-state index is 10.1. The molecule has 0 aromatic carbocycles.